The number of alkyl halides is 3. The molecule has 0 aliphatic heterocycles. The first-order valence-corrected chi connectivity index (χ1v) is 7.16. The van der Waals surface area contributed by atoms with Crippen molar-refractivity contribution in [2.75, 3.05) is 5.32 Å². The van der Waals surface area contributed by atoms with Gasteiger partial charge in [0.1, 0.15) is 5.69 Å². The van der Waals surface area contributed by atoms with Crippen LogP contribution in [-0.2, 0) is 0 Å². The topological polar surface area (TPSA) is 97.1 Å². The number of nitrogens with two attached hydrogens (primary N) is 1. The lowest BCUT2D eigenvalue weighted by Crippen LogP contribution is -2.43. The van der Waals surface area contributed by atoms with E-state index in [2.05, 4.69) is 15.6 Å². The lowest BCUT2D eigenvalue weighted by molar-refractivity contribution is -0.183. The number of carbonyl (C=O) groups excluding carboxylic acids is 2. The fourth-order valence-corrected chi connectivity index (χ4v) is 2.58. The van der Waals surface area contributed by atoms with Gasteiger partial charge in [-0.15, -0.1) is 0 Å². The standard InChI is InChI=1S/C14H17F3N4O2/c15-14(16,17)8-2-1-3-9(6-8)20-13(23)21-10-4-5-11(12(18)22)19-7-10/h4-5,7-9H,1-3,6H2,(H2,18,22)(H2,20,21,23)/t8-,9+/m1/s1. The molecule has 1 saturated carbocycles. The van der Waals surface area contributed by atoms with Crippen LogP contribution < -0.4 is 16.4 Å². The summed E-state index contributed by atoms with van der Waals surface area (Å²) in [5.41, 5.74) is 5.41. The van der Waals surface area contributed by atoms with Gasteiger partial charge >= 0.3 is 12.2 Å². The molecule has 0 bridgehead atoms. The van der Waals surface area contributed by atoms with Crippen molar-refractivity contribution in [3.05, 3.63) is 24.0 Å². The molecule has 2 rings (SSSR count). The summed E-state index contributed by atoms with van der Waals surface area (Å²) in [5.74, 6) is -2.07. The number of nitrogens with zero attached hydrogens (tertiary/aromatic N) is 1. The second kappa shape index (κ2) is 6.84. The molecule has 126 valence electrons. The Balaban J connectivity index is 1.88. The third kappa shape index (κ3) is 4.83. The number of urea groups is 1. The van der Waals surface area contributed by atoms with E-state index in [4.69, 9.17) is 5.73 Å². The molecule has 1 aliphatic carbocycles. The maximum atomic E-state index is 12.7. The molecule has 1 aromatic heterocycles. The number of pyridine rings is 1. The van der Waals surface area contributed by atoms with Crippen LogP contribution in [0.4, 0.5) is 23.7 Å². The number of hydrogen-bond acceptors (Lipinski definition) is 3. The van der Waals surface area contributed by atoms with Gasteiger partial charge < -0.3 is 16.4 Å². The Morgan fingerprint density at radius 3 is 2.57 bits per heavy atom. The van der Waals surface area contributed by atoms with Crippen molar-refractivity contribution in [1.29, 1.82) is 0 Å². The molecule has 6 nitrogen and oxygen atoms in total. The van der Waals surface area contributed by atoms with Crippen molar-refractivity contribution in [3.8, 4) is 0 Å². The van der Waals surface area contributed by atoms with Gasteiger partial charge in [0.25, 0.3) is 5.91 Å². The van der Waals surface area contributed by atoms with Gasteiger partial charge in [-0.25, -0.2) is 9.78 Å². The molecule has 4 N–H and O–H groups in total. The van der Waals surface area contributed by atoms with Crippen LogP contribution in [0.15, 0.2) is 18.3 Å². The van der Waals surface area contributed by atoms with Gasteiger partial charge in [0.2, 0.25) is 0 Å². The number of rotatable bonds is 3. The summed E-state index contributed by atoms with van der Waals surface area (Å²) in [4.78, 5) is 26.5. The molecule has 1 aliphatic rings. The van der Waals surface area contributed by atoms with Crippen LogP contribution in [0.25, 0.3) is 0 Å². The van der Waals surface area contributed by atoms with Gasteiger partial charge in [0, 0.05) is 6.04 Å². The summed E-state index contributed by atoms with van der Waals surface area (Å²) >= 11 is 0. The summed E-state index contributed by atoms with van der Waals surface area (Å²) in [6.45, 7) is 0. The maximum Gasteiger partial charge on any atom is 0.391 e. The molecular formula is C14H17F3N4O2. The van der Waals surface area contributed by atoms with Gasteiger partial charge in [-0.05, 0) is 31.4 Å². The lowest BCUT2D eigenvalue weighted by Gasteiger charge is -2.30. The van der Waals surface area contributed by atoms with Crippen molar-refractivity contribution in [3.63, 3.8) is 0 Å². The van der Waals surface area contributed by atoms with E-state index in [0.717, 1.165) is 0 Å². The maximum absolute atomic E-state index is 12.7. The van der Waals surface area contributed by atoms with Gasteiger partial charge in [0.05, 0.1) is 17.8 Å². The second-order valence-electron chi connectivity index (χ2n) is 5.50. The fourth-order valence-electron chi connectivity index (χ4n) is 2.58. The van der Waals surface area contributed by atoms with Crippen LogP contribution >= 0.6 is 0 Å². The molecule has 1 aromatic rings. The summed E-state index contributed by atoms with van der Waals surface area (Å²) in [6, 6.07) is 1.66. The van der Waals surface area contributed by atoms with Crippen LogP contribution in [-0.4, -0.2) is 29.1 Å². The predicted molar refractivity (Wildman–Crippen MR) is 76.7 cm³/mol. The number of anilines is 1. The smallest absolute Gasteiger partial charge is 0.364 e. The third-order valence-electron chi connectivity index (χ3n) is 3.75. The highest BCUT2D eigenvalue weighted by Gasteiger charge is 2.42. The summed E-state index contributed by atoms with van der Waals surface area (Å²) in [5, 5.41) is 5.00. The first kappa shape index (κ1) is 17.0. The average Bonchev–Trinajstić information content (AvgIpc) is 2.47. The molecule has 9 heteroatoms. The minimum atomic E-state index is -4.23. The predicted octanol–water partition coefficient (Wildman–Crippen LogP) is 2.42. The van der Waals surface area contributed by atoms with Crippen molar-refractivity contribution in [2.24, 2.45) is 11.7 Å². The van der Waals surface area contributed by atoms with Gasteiger partial charge in [-0.1, -0.05) is 6.42 Å². The van der Waals surface area contributed by atoms with E-state index in [0.29, 0.717) is 18.5 Å². The molecule has 2 atom stereocenters. The molecule has 0 unspecified atom stereocenters. The normalized spacial score (nSPS) is 21.5. The van der Waals surface area contributed by atoms with E-state index in [1.807, 2.05) is 0 Å². The number of primary amides is 1. The van der Waals surface area contributed by atoms with E-state index in [1.54, 1.807) is 0 Å². The largest absolute Gasteiger partial charge is 0.391 e. The molecular weight excluding hydrogens is 313 g/mol. The number of amides is 3. The van der Waals surface area contributed by atoms with Crippen LogP contribution in [0.2, 0.25) is 0 Å². The molecule has 1 heterocycles. The number of aromatic nitrogens is 1. The number of hydrogen-bond donors (Lipinski definition) is 3. The van der Waals surface area contributed by atoms with Gasteiger partial charge in [-0.3, -0.25) is 4.79 Å². The monoisotopic (exact) mass is 330 g/mol. The van der Waals surface area contributed by atoms with E-state index >= 15 is 0 Å². The van der Waals surface area contributed by atoms with Crippen molar-refractivity contribution in [2.45, 2.75) is 37.9 Å². The molecule has 23 heavy (non-hydrogen) atoms. The zero-order chi connectivity index (χ0) is 17.0. The lowest BCUT2D eigenvalue weighted by atomic mass is 9.85. The van der Waals surface area contributed by atoms with Gasteiger partial charge in [0.15, 0.2) is 0 Å². The van der Waals surface area contributed by atoms with Crippen molar-refractivity contribution in [1.82, 2.24) is 10.3 Å². The highest BCUT2D eigenvalue weighted by molar-refractivity contribution is 5.92. The zero-order valence-corrected chi connectivity index (χ0v) is 12.2. The Morgan fingerprint density at radius 1 is 1.26 bits per heavy atom. The van der Waals surface area contributed by atoms with Gasteiger partial charge in [-0.2, -0.15) is 13.2 Å². The number of nitrogens with one attached hydrogen (secondary N) is 2. The first-order chi connectivity index (χ1) is 10.8. The van der Waals surface area contributed by atoms with E-state index in [-0.39, 0.29) is 18.5 Å². The van der Waals surface area contributed by atoms with Crippen LogP contribution in [0.3, 0.4) is 0 Å². The Bertz CT molecular complexity index is 574. The Morgan fingerprint density at radius 2 is 2.00 bits per heavy atom. The van der Waals surface area contributed by atoms with Crippen molar-refractivity contribution >= 4 is 17.6 Å². The molecule has 3 amide bonds. The summed E-state index contributed by atoms with van der Waals surface area (Å²) in [7, 11) is 0. The number of carbonyl (C=O) groups is 2. The SMILES string of the molecule is NC(=O)c1ccc(NC(=O)N[C@H]2CCC[C@@H](C(F)(F)F)C2)cn1. The van der Waals surface area contributed by atoms with E-state index < -0.39 is 30.1 Å². The Hall–Kier alpha value is -2.32. The van der Waals surface area contributed by atoms with E-state index in [1.165, 1.54) is 18.3 Å². The minimum Gasteiger partial charge on any atom is -0.364 e. The zero-order valence-electron chi connectivity index (χ0n) is 12.2. The quantitative estimate of drug-likeness (QED) is 0.794. The molecule has 0 saturated heterocycles. The molecule has 1 fully saturated rings. The summed E-state index contributed by atoms with van der Waals surface area (Å²) < 4.78 is 38.2. The van der Waals surface area contributed by atoms with Crippen LogP contribution in [0.5, 0.6) is 0 Å². The highest BCUT2D eigenvalue weighted by Crippen LogP contribution is 2.37. The average molecular weight is 330 g/mol. The first-order valence-electron chi connectivity index (χ1n) is 7.16. The van der Waals surface area contributed by atoms with Crippen LogP contribution in [0.1, 0.15) is 36.2 Å². The number of halogens is 3. The molecule has 0 spiro atoms. The molecule has 0 radical (unpaired) electrons. The summed E-state index contributed by atoms with van der Waals surface area (Å²) in [6.07, 6.45) is -2.06. The minimum absolute atomic E-state index is 0.0521. The van der Waals surface area contributed by atoms with E-state index in [9.17, 15) is 22.8 Å². The fraction of sp³-hybridized carbons (Fsp3) is 0.500. The van der Waals surface area contributed by atoms with Crippen LogP contribution in [0, 0.1) is 5.92 Å². The second-order valence-corrected chi connectivity index (χ2v) is 5.50. The van der Waals surface area contributed by atoms with Crippen molar-refractivity contribution < 1.29 is 22.8 Å². The Kier molecular flexibility index (Phi) is 5.07. The molecule has 0 aromatic carbocycles. The Labute approximate surface area is 130 Å². The third-order valence-corrected chi connectivity index (χ3v) is 3.75. The highest BCUT2D eigenvalue weighted by atomic mass is 19.4.